The molecule has 1 nitrogen and oxygen atoms in total. The average Bonchev–Trinajstić information content (AvgIpc) is 2.06. The molecule has 0 saturated carbocycles. The zero-order valence-electron chi connectivity index (χ0n) is 7.57. The molecule has 0 aliphatic carbocycles. The van der Waals surface area contributed by atoms with Crippen molar-refractivity contribution in [2.75, 3.05) is 0 Å². The monoisotopic (exact) mass is 181 g/mol. The second-order valence-electron chi connectivity index (χ2n) is 3.34. The largest absolute Gasteiger partial charge is 0.261 e. The molecule has 0 aliphatic heterocycles. The molecule has 1 atom stereocenters. The first kappa shape index (κ1) is 9.59. The van der Waals surface area contributed by atoms with E-state index in [4.69, 9.17) is 0 Å². The molecule has 2 heteroatoms. The Morgan fingerprint density at radius 1 is 1.42 bits per heavy atom. The first-order valence-corrected chi connectivity index (χ1v) is 4.79. The van der Waals surface area contributed by atoms with Crippen LogP contribution in [0.1, 0.15) is 19.5 Å². The number of thiol groups is 1. The molecule has 0 amide bonds. The number of hydrogen-bond acceptors (Lipinski definition) is 2. The zero-order chi connectivity index (χ0) is 8.97. The number of aromatic nitrogens is 1. The Morgan fingerprint density at radius 2 is 2.17 bits per heavy atom. The number of rotatable bonds is 3. The summed E-state index contributed by atoms with van der Waals surface area (Å²) in [6, 6.07) is 6.00. The van der Waals surface area contributed by atoms with Crippen LogP contribution in [0.15, 0.2) is 24.4 Å². The molecular weight excluding hydrogens is 166 g/mol. The van der Waals surface area contributed by atoms with Crippen LogP contribution >= 0.6 is 12.6 Å². The minimum Gasteiger partial charge on any atom is -0.261 e. The molecule has 1 aromatic rings. The molecule has 66 valence electrons. The molecule has 1 aromatic heterocycles. The fourth-order valence-corrected chi connectivity index (χ4v) is 1.16. The second kappa shape index (κ2) is 4.51. The Labute approximate surface area is 79.6 Å². The molecule has 0 radical (unpaired) electrons. The van der Waals surface area contributed by atoms with Crippen molar-refractivity contribution in [1.82, 2.24) is 4.98 Å². The highest BCUT2D eigenvalue weighted by Gasteiger charge is 2.08. The van der Waals surface area contributed by atoms with Crippen LogP contribution in [0.3, 0.4) is 0 Å². The molecule has 0 bridgehead atoms. The van der Waals surface area contributed by atoms with Crippen molar-refractivity contribution in [3.8, 4) is 0 Å². The van der Waals surface area contributed by atoms with Crippen molar-refractivity contribution in [3.05, 3.63) is 30.1 Å². The van der Waals surface area contributed by atoms with E-state index < -0.39 is 0 Å². The molecular formula is C10H15NS. The van der Waals surface area contributed by atoms with Gasteiger partial charge in [0.05, 0.1) is 0 Å². The third kappa shape index (κ3) is 2.86. The Bertz CT molecular complexity index is 221. The van der Waals surface area contributed by atoms with Gasteiger partial charge in [0, 0.05) is 23.6 Å². The average molecular weight is 181 g/mol. The summed E-state index contributed by atoms with van der Waals surface area (Å²) in [5.74, 6) is 0.607. The summed E-state index contributed by atoms with van der Waals surface area (Å²) in [5, 5.41) is 0.417. The zero-order valence-corrected chi connectivity index (χ0v) is 8.46. The van der Waals surface area contributed by atoms with Gasteiger partial charge in [-0.3, -0.25) is 4.98 Å². The predicted molar refractivity (Wildman–Crippen MR) is 55.6 cm³/mol. The van der Waals surface area contributed by atoms with Crippen LogP contribution in [-0.4, -0.2) is 10.2 Å². The Hall–Kier alpha value is -0.500. The van der Waals surface area contributed by atoms with Gasteiger partial charge in [0.2, 0.25) is 0 Å². The minimum absolute atomic E-state index is 0.417. The lowest BCUT2D eigenvalue weighted by Gasteiger charge is -2.13. The third-order valence-electron chi connectivity index (χ3n) is 1.91. The van der Waals surface area contributed by atoms with Gasteiger partial charge in [0.1, 0.15) is 0 Å². The quantitative estimate of drug-likeness (QED) is 0.707. The van der Waals surface area contributed by atoms with E-state index in [1.165, 1.54) is 0 Å². The second-order valence-corrected chi connectivity index (χ2v) is 4.00. The summed E-state index contributed by atoms with van der Waals surface area (Å²) < 4.78 is 0. The Kier molecular flexibility index (Phi) is 3.60. The van der Waals surface area contributed by atoms with Crippen LogP contribution in [0.25, 0.3) is 0 Å². The van der Waals surface area contributed by atoms with Crippen molar-refractivity contribution in [3.63, 3.8) is 0 Å². The third-order valence-corrected chi connectivity index (χ3v) is 2.69. The summed E-state index contributed by atoms with van der Waals surface area (Å²) in [6.07, 6.45) is 2.79. The normalized spacial score (nSPS) is 13.3. The van der Waals surface area contributed by atoms with E-state index in [0.717, 1.165) is 12.1 Å². The molecule has 0 aromatic carbocycles. The molecule has 0 N–H and O–H groups in total. The number of pyridine rings is 1. The van der Waals surface area contributed by atoms with Gasteiger partial charge in [-0.15, -0.1) is 0 Å². The number of hydrogen-bond donors (Lipinski definition) is 1. The van der Waals surface area contributed by atoms with Gasteiger partial charge in [-0.1, -0.05) is 19.9 Å². The molecule has 0 fully saturated rings. The summed E-state index contributed by atoms with van der Waals surface area (Å²) in [4.78, 5) is 4.25. The molecule has 0 aliphatic rings. The maximum absolute atomic E-state index is 4.50. The van der Waals surface area contributed by atoms with Crippen molar-refractivity contribution in [1.29, 1.82) is 0 Å². The van der Waals surface area contributed by atoms with Crippen LogP contribution in [0.4, 0.5) is 0 Å². The molecule has 0 spiro atoms. The summed E-state index contributed by atoms with van der Waals surface area (Å²) in [7, 11) is 0. The first-order chi connectivity index (χ1) is 5.70. The fourth-order valence-electron chi connectivity index (χ4n) is 0.969. The van der Waals surface area contributed by atoms with Crippen molar-refractivity contribution >= 4 is 12.6 Å². The molecule has 1 rings (SSSR count). The van der Waals surface area contributed by atoms with Crippen molar-refractivity contribution < 1.29 is 0 Å². The summed E-state index contributed by atoms with van der Waals surface area (Å²) in [5.41, 5.74) is 1.13. The van der Waals surface area contributed by atoms with Gasteiger partial charge in [0.25, 0.3) is 0 Å². The smallest absolute Gasteiger partial charge is 0.0414 e. The molecule has 1 unspecified atom stereocenters. The Balaban J connectivity index is 2.53. The molecule has 1 heterocycles. The lowest BCUT2D eigenvalue weighted by atomic mass is 10.1. The maximum Gasteiger partial charge on any atom is 0.0414 e. The van der Waals surface area contributed by atoms with E-state index in [2.05, 4.69) is 31.5 Å². The van der Waals surface area contributed by atoms with Gasteiger partial charge in [0.15, 0.2) is 0 Å². The number of nitrogens with zero attached hydrogens (tertiary/aromatic N) is 1. The SMILES string of the molecule is CC(C)C(S)Cc1ccccn1. The van der Waals surface area contributed by atoms with Crippen LogP contribution in [-0.2, 0) is 6.42 Å². The Morgan fingerprint density at radius 3 is 2.67 bits per heavy atom. The van der Waals surface area contributed by atoms with E-state index in [0.29, 0.717) is 11.2 Å². The van der Waals surface area contributed by atoms with Gasteiger partial charge in [-0.05, 0) is 18.1 Å². The van der Waals surface area contributed by atoms with E-state index >= 15 is 0 Å². The van der Waals surface area contributed by atoms with Crippen LogP contribution in [0.2, 0.25) is 0 Å². The van der Waals surface area contributed by atoms with Gasteiger partial charge in [-0.25, -0.2) is 0 Å². The van der Waals surface area contributed by atoms with Crippen LogP contribution in [0.5, 0.6) is 0 Å². The van der Waals surface area contributed by atoms with Crippen molar-refractivity contribution in [2.45, 2.75) is 25.5 Å². The van der Waals surface area contributed by atoms with Gasteiger partial charge in [-0.2, -0.15) is 12.6 Å². The van der Waals surface area contributed by atoms with E-state index in [1.807, 2.05) is 24.4 Å². The highest BCUT2D eigenvalue weighted by atomic mass is 32.1. The molecule has 12 heavy (non-hydrogen) atoms. The summed E-state index contributed by atoms with van der Waals surface area (Å²) >= 11 is 4.50. The van der Waals surface area contributed by atoms with E-state index in [1.54, 1.807) is 0 Å². The standard InChI is InChI=1S/C10H15NS/c1-8(2)10(12)7-9-5-3-4-6-11-9/h3-6,8,10,12H,7H2,1-2H3. The predicted octanol–water partition coefficient (Wildman–Crippen LogP) is 2.58. The summed E-state index contributed by atoms with van der Waals surface area (Å²) in [6.45, 7) is 4.36. The van der Waals surface area contributed by atoms with Crippen molar-refractivity contribution in [2.24, 2.45) is 5.92 Å². The highest BCUT2D eigenvalue weighted by molar-refractivity contribution is 7.81. The van der Waals surface area contributed by atoms with E-state index in [9.17, 15) is 0 Å². The minimum atomic E-state index is 0.417. The first-order valence-electron chi connectivity index (χ1n) is 4.28. The highest BCUT2D eigenvalue weighted by Crippen LogP contribution is 2.13. The lowest BCUT2D eigenvalue weighted by molar-refractivity contribution is 0.602. The molecule has 0 saturated heterocycles. The van der Waals surface area contributed by atoms with Gasteiger partial charge >= 0.3 is 0 Å². The van der Waals surface area contributed by atoms with Crippen LogP contribution < -0.4 is 0 Å². The van der Waals surface area contributed by atoms with Gasteiger partial charge < -0.3 is 0 Å². The maximum atomic E-state index is 4.50. The van der Waals surface area contributed by atoms with Crippen LogP contribution in [0, 0.1) is 5.92 Å². The van der Waals surface area contributed by atoms with E-state index in [-0.39, 0.29) is 0 Å². The lowest BCUT2D eigenvalue weighted by Crippen LogP contribution is -2.11. The topological polar surface area (TPSA) is 12.9 Å². The fraction of sp³-hybridized carbons (Fsp3) is 0.500.